The third kappa shape index (κ3) is 4.89. The van der Waals surface area contributed by atoms with Crippen LogP contribution in [0.5, 0.6) is 5.75 Å². The molecule has 1 saturated heterocycles. The molecule has 1 fully saturated rings. The van der Waals surface area contributed by atoms with Gasteiger partial charge in [0.25, 0.3) is 0 Å². The van der Waals surface area contributed by atoms with Crippen molar-refractivity contribution in [3.8, 4) is 17.0 Å². The maximum absolute atomic E-state index is 9.53. The molecule has 0 radical (unpaired) electrons. The van der Waals surface area contributed by atoms with Crippen molar-refractivity contribution < 1.29 is 29.2 Å². The van der Waals surface area contributed by atoms with Crippen LogP contribution >= 0.6 is 0 Å². The number of aromatic amines is 1. The molecule has 0 bridgehead atoms. The Morgan fingerprint density at radius 2 is 1.95 bits per heavy atom. The van der Waals surface area contributed by atoms with Gasteiger partial charge in [-0.2, -0.15) is 5.10 Å². The number of aromatic nitrogens is 2. The summed E-state index contributed by atoms with van der Waals surface area (Å²) < 4.78 is 8.75. The molecule has 2 N–H and O–H groups in total. The minimum atomic E-state index is -1.51. The van der Waals surface area contributed by atoms with Gasteiger partial charge in [0, 0.05) is 24.3 Å². The fourth-order valence-corrected chi connectivity index (χ4v) is 5.41. The molecule has 1 aromatic heterocycles. The monoisotopic (exact) mass is 516 g/mol. The lowest BCUT2D eigenvalue weighted by Gasteiger charge is -2.33. The molecule has 9 heteroatoms. The van der Waals surface area contributed by atoms with Crippen molar-refractivity contribution in [3.05, 3.63) is 54.1 Å². The van der Waals surface area contributed by atoms with Gasteiger partial charge in [0.05, 0.1) is 30.0 Å². The third-order valence-electron chi connectivity index (χ3n) is 7.16. The summed E-state index contributed by atoms with van der Waals surface area (Å²) in [6.45, 7) is 8.72. The summed E-state index contributed by atoms with van der Waals surface area (Å²) in [6, 6.07) is 10.9. The van der Waals surface area contributed by atoms with E-state index in [0.29, 0.717) is 12.2 Å². The SMILES string of the molecule is CN1c2ccccc2-c2[nH][n+](CCN3CCCC3)c3cc4c(c1c23)C=CC(C)(C)O4.O=C([O-])/C=C/C(=O)O. The number of anilines is 2. The summed E-state index contributed by atoms with van der Waals surface area (Å²) in [4.78, 5) is 23.9. The van der Waals surface area contributed by atoms with E-state index in [1.165, 1.54) is 65.0 Å². The van der Waals surface area contributed by atoms with Crippen molar-refractivity contribution in [2.24, 2.45) is 0 Å². The van der Waals surface area contributed by atoms with E-state index >= 15 is 0 Å². The van der Waals surface area contributed by atoms with Crippen LogP contribution in [0.15, 0.2) is 48.6 Å². The number of hydrogen-bond donors (Lipinski definition) is 2. The molecule has 198 valence electrons. The van der Waals surface area contributed by atoms with Crippen molar-refractivity contribution in [3.63, 3.8) is 0 Å². The molecule has 2 aromatic carbocycles. The van der Waals surface area contributed by atoms with E-state index in [4.69, 9.17) is 9.84 Å². The van der Waals surface area contributed by atoms with E-state index in [-0.39, 0.29) is 5.60 Å². The van der Waals surface area contributed by atoms with Gasteiger partial charge in [0.1, 0.15) is 22.4 Å². The van der Waals surface area contributed by atoms with Gasteiger partial charge in [-0.1, -0.05) is 18.2 Å². The van der Waals surface area contributed by atoms with E-state index in [9.17, 15) is 14.7 Å². The highest BCUT2D eigenvalue weighted by atomic mass is 16.5. The predicted molar refractivity (Wildman–Crippen MR) is 143 cm³/mol. The van der Waals surface area contributed by atoms with Crippen molar-refractivity contribution >= 4 is 40.3 Å². The van der Waals surface area contributed by atoms with E-state index < -0.39 is 11.9 Å². The molecule has 4 heterocycles. The maximum atomic E-state index is 9.53. The topological polar surface area (TPSA) is 113 Å². The molecular weight excluding hydrogens is 484 g/mol. The molecule has 3 aliphatic rings. The molecule has 38 heavy (non-hydrogen) atoms. The Balaban J connectivity index is 0.000000323. The van der Waals surface area contributed by atoms with Gasteiger partial charge in [0.15, 0.2) is 6.54 Å². The second-order valence-corrected chi connectivity index (χ2v) is 10.3. The molecule has 0 atom stereocenters. The first kappa shape index (κ1) is 25.5. The lowest BCUT2D eigenvalue weighted by molar-refractivity contribution is -0.725. The number of para-hydroxylation sites is 1. The highest BCUT2D eigenvalue weighted by Gasteiger charge is 2.35. The number of carbonyl (C=O) groups is 2. The van der Waals surface area contributed by atoms with E-state index in [0.717, 1.165) is 18.8 Å². The Hall–Kier alpha value is -4.11. The number of likely N-dealkylation sites (tertiary alicyclic amines) is 1. The van der Waals surface area contributed by atoms with Gasteiger partial charge in [0.2, 0.25) is 5.52 Å². The number of ether oxygens (including phenoxy) is 1. The highest BCUT2D eigenvalue weighted by molar-refractivity contribution is 6.12. The lowest BCUT2D eigenvalue weighted by atomic mass is 9.93. The largest absolute Gasteiger partial charge is 0.545 e. The molecule has 9 nitrogen and oxygen atoms in total. The van der Waals surface area contributed by atoms with Crippen molar-refractivity contribution in [2.45, 2.75) is 38.8 Å². The number of fused-ring (bicyclic) bond motifs is 4. The summed E-state index contributed by atoms with van der Waals surface area (Å²) in [5, 5.41) is 22.3. The minimum absolute atomic E-state index is 0.294. The van der Waals surface area contributed by atoms with Gasteiger partial charge >= 0.3 is 5.97 Å². The van der Waals surface area contributed by atoms with Crippen LogP contribution in [0.4, 0.5) is 11.4 Å². The predicted octanol–water partition coefficient (Wildman–Crippen LogP) is 2.86. The highest BCUT2D eigenvalue weighted by Crippen LogP contribution is 2.51. The van der Waals surface area contributed by atoms with Crippen molar-refractivity contribution in [2.75, 3.05) is 31.6 Å². The van der Waals surface area contributed by atoms with Crippen LogP contribution in [-0.2, 0) is 16.1 Å². The summed E-state index contributed by atoms with van der Waals surface area (Å²) >= 11 is 0. The Morgan fingerprint density at radius 1 is 1.21 bits per heavy atom. The number of aliphatic carboxylic acids is 2. The number of hydrogen-bond acceptors (Lipinski definition) is 6. The zero-order valence-corrected chi connectivity index (χ0v) is 21.9. The van der Waals surface area contributed by atoms with Gasteiger partial charge in [-0.05, 0) is 64.1 Å². The molecule has 0 amide bonds. The average Bonchev–Trinajstić information content (AvgIpc) is 3.52. The van der Waals surface area contributed by atoms with Gasteiger partial charge < -0.3 is 24.6 Å². The summed E-state index contributed by atoms with van der Waals surface area (Å²) in [5.74, 6) is -1.83. The van der Waals surface area contributed by atoms with E-state index in [2.05, 4.69) is 83.0 Å². The normalized spacial score (nSPS) is 17.1. The average molecular weight is 517 g/mol. The summed E-state index contributed by atoms with van der Waals surface area (Å²) in [5.41, 5.74) is 7.05. The van der Waals surface area contributed by atoms with Crippen LogP contribution in [0.3, 0.4) is 0 Å². The van der Waals surface area contributed by atoms with E-state index in [1.807, 2.05) is 0 Å². The second kappa shape index (κ2) is 9.98. The molecule has 6 rings (SSSR count). The fourth-order valence-electron chi connectivity index (χ4n) is 5.41. The Morgan fingerprint density at radius 3 is 2.63 bits per heavy atom. The first-order valence-electron chi connectivity index (χ1n) is 12.8. The Bertz CT molecular complexity index is 1450. The number of benzene rings is 2. The zero-order chi connectivity index (χ0) is 27.0. The van der Waals surface area contributed by atoms with Crippen LogP contribution in [0.25, 0.3) is 28.2 Å². The number of nitrogens with one attached hydrogen (secondary N) is 1. The Kier molecular flexibility index (Phi) is 6.71. The molecular formula is C29H32N4O5. The number of rotatable bonds is 5. The molecule has 0 spiro atoms. The standard InChI is InChI=1S/C25H28N4O.C4H4O4/c1-25(2)11-10-18-21(30-25)16-20-22-23(26-29(20)15-14-28-12-6-7-13-28)17-8-4-5-9-19(17)27(3)24(18)22;5-3(6)1-2-4(7)8/h4-5,8-11,16H,6-7,12-15H2,1-3H3;1-2H,(H,5,6)(H,7,8)/b;2-1+. The van der Waals surface area contributed by atoms with Crippen LogP contribution in [0.1, 0.15) is 32.3 Å². The van der Waals surface area contributed by atoms with Gasteiger partial charge in [-0.25, -0.2) is 4.79 Å². The molecule has 0 saturated carbocycles. The Labute approximate surface area is 221 Å². The van der Waals surface area contributed by atoms with Crippen LogP contribution in [-0.4, -0.2) is 59.3 Å². The summed E-state index contributed by atoms with van der Waals surface area (Å²) in [6.07, 6.45) is 8.00. The zero-order valence-electron chi connectivity index (χ0n) is 21.9. The number of carboxylic acid groups (broad SMARTS) is 2. The first-order chi connectivity index (χ1) is 18.1. The summed E-state index contributed by atoms with van der Waals surface area (Å²) in [7, 11) is 2.17. The minimum Gasteiger partial charge on any atom is -0.545 e. The number of carbonyl (C=O) groups excluding carboxylic acids is 1. The number of carboxylic acids is 2. The quantitative estimate of drug-likeness (QED) is 0.396. The number of H-pyrrole nitrogens is 1. The van der Waals surface area contributed by atoms with Gasteiger partial charge in [-0.3, -0.25) is 4.90 Å². The fraction of sp³-hybridized carbons (Fsp3) is 0.345. The molecule has 3 aliphatic heterocycles. The molecule has 0 unspecified atom stereocenters. The van der Waals surface area contributed by atoms with Crippen molar-refractivity contribution in [1.29, 1.82) is 0 Å². The van der Waals surface area contributed by atoms with Gasteiger partial charge in [-0.15, -0.1) is 4.68 Å². The van der Waals surface area contributed by atoms with E-state index in [1.54, 1.807) is 0 Å². The molecule has 3 aromatic rings. The third-order valence-corrected chi connectivity index (χ3v) is 7.16. The first-order valence-corrected chi connectivity index (χ1v) is 12.8. The number of nitrogens with zero attached hydrogens (tertiary/aromatic N) is 3. The lowest BCUT2D eigenvalue weighted by Crippen LogP contribution is -2.41. The smallest absolute Gasteiger partial charge is 0.328 e. The van der Waals surface area contributed by atoms with Crippen LogP contribution in [0.2, 0.25) is 0 Å². The van der Waals surface area contributed by atoms with Crippen molar-refractivity contribution in [1.82, 2.24) is 10.00 Å². The second-order valence-electron chi connectivity index (χ2n) is 10.3. The molecule has 0 aliphatic carbocycles. The maximum Gasteiger partial charge on any atom is 0.328 e. The van der Waals surface area contributed by atoms with Crippen LogP contribution in [0, 0.1) is 0 Å². The van der Waals surface area contributed by atoms with Crippen LogP contribution < -0.4 is 19.4 Å².